The molecular formula is C21H19N7O2. The Morgan fingerprint density at radius 1 is 1.27 bits per heavy atom. The van der Waals surface area contributed by atoms with Crippen LogP contribution < -0.4 is 10.1 Å². The lowest BCUT2D eigenvalue weighted by molar-refractivity contribution is -0.116. The second-order valence-electron chi connectivity index (χ2n) is 7.03. The highest BCUT2D eigenvalue weighted by atomic mass is 16.5. The zero-order valence-corrected chi connectivity index (χ0v) is 16.3. The molecule has 1 aromatic carbocycles. The summed E-state index contributed by atoms with van der Waals surface area (Å²) >= 11 is 0. The zero-order chi connectivity index (χ0) is 20.7. The fraction of sp³-hybridized carbons (Fsp3) is 0.190. The van der Waals surface area contributed by atoms with Crippen LogP contribution in [0, 0.1) is 6.92 Å². The van der Waals surface area contributed by atoms with Gasteiger partial charge in [0.05, 0.1) is 5.69 Å². The predicted molar refractivity (Wildman–Crippen MR) is 110 cm³/mol. The number of benzene rings is 1. The lowest BCUT2D eigenvalue weighted by Gasteiger charge is -2.25. The van der Waals surface area contributed by atoms with Crippen molar-refractivity contribution in [2.24, 2.45) is 0 Å². The number of anilines is 1. The van der Waals surface area contributed by atoms with Crippen LogP contribution in [0.3, 0.4) is 0 Å². The molecule has 9 nitrogen and oxygen atoms in total. The largest absolute Gasteiger partial charge is 0.489 e. The van der Waals surface area contributed by atoms with Gasteiger partial charge in [0, 0.05) is 23.5 Å². The van der Waals surface area contributed by atoms with E-state index in [1.807, 2.05) is 31.2 Å². The monoisotopic (exact) mass is 401 g/mol. The normalized spacial score (nSPS) is 15.6. The highest BCUT2D eigenvalue weighted by molar-refractivity contribution is 5.95. The van der Waals surface area contributed by atoms with Gasteiger partial charge in [0.1, 0.15) is 24.5 Å². The SMILES string of the molecule is C=CCOc1ccccc1C1CC(=O)Nc2c1c(C)nn2-c1ccc2nncn2n1. The van der Waals surface area contributed by atoms with E-state index in [4.69, 9.17) is 4.74 Å². The number of fused-ring (bicyclic) bond motifs is 2. The first-order valence-electron chi connectivity index (χ1n) is 9.55. The Morgan fingerprint density at radius 2 is 2.13 bits per heavy atom. The van der Waals surface area contributed by atoms with Crippen molar-refractivity contribution in [2.45, 2.75) is 19.3 Å². The number of nitrogens with one attached hydrogen (secondary N) is 1. The quantitative estimate of drug-likeness (QED) is 0.516. The second-order valence-corrected chi connectivity index (χ2v) is 7.03. The van der Waals surface area contributed by atoms with Gasteiger partial charge < -0.3 is 10.1 Å². The summed E-state index contributed by atoms with van der Waals surface area (Å²) in [5.74, 6) is 1.65. The van der Waals surface area contributed by atoms with Crippen LogP contribution in [-0.2, 0) is 4.79 Å². The fourth-order valence-corrected chi connectivity index (χ4v) is 3.86. The Hall–Kier alpha value is -4.01. The molecule has 1 N–H and O–H groups in total. The molecule has 0 aliphatic carbocycles. The smallest absolute Gasteiger partial charge is 0.226 e. The van der Waals surface area contributed by atoms with Crippen molar-refractivity contribution >= 4 is 17.4 Å². The van der Waals surface area contributed by atoms with Gasteiger partial charge in [-0.1, -0.05) is 30.9 Å². The van der Waals surface area contributed by atoms with Crippen molar-refractivity contribution < 1.29 is 9.53 Å². The van der Waals surface area contributed by atoms with Crippen molar-refractivity contribution in [3.63, 3.8) is 0 Å². The molecule has 9 heteroatoms. The minimum atomic E-state index is -0.179. The molecule has 4 aromatic rings. The second kappa shape index (κ2) is 7.11. The molecule has 30 heavy (non-hydrogen) atoms. The summed E-state index contributed by atoms with van der Waals surface area (Å²) in [6.45, 7) is 6.04. The van der Waals surface area contributed by atoms with E-state index in [1.54, 1.807) is 27.4 Å². The summed E-state index contributed by atoms with van der Waals surface area (Å²) in [4.78, 5) is 12.6. The maximum atomic E-state index is 12.6. The molecule has 0 saturated heterocycles. The van der Waals surface area contributed by atoms with E-state index >= 15 is 0 Å². The van der Waals surface area contributed by atoms with E-state index in [2.05, 4.69) is 32.3 Å². The number of carbonyl (C=O) groups is 1. The Morgan fingerprint density at radius 3 is 3.00 bits per heavy atom. The van der Waals surface area contributed by atoms with Gasteiger partial charge in [-0.25, -0.2) is 0 Å². The highest BCUT2D eigenvalue weighted by Gasteiger charge is 2.34. The van der Waals surface area contributed by atoms with Crippen molar-refractivity contribution in [3.8, 4) is 11.6 Å². The topological polar surface area (TPSA) is 99.2 Å². The van der Waals surface area contributed by atoms with Crippen LogP contribution in [0.25, 0.3) is 11.5 Å². The van der Waals surface area contributed by atoms with Crippen LogP contribution >= 0.6 is 0 Å². The van der Waals surface area contributed by atoms with E-state index in [0.29, 0.717) is 30.3 Å². The Bertz CT molecular complexity index is 1270. The van der Waals surface area contributed by atoms with Gasteiger partial charge >= 0.3 is 0 Å². The van der Waals surface area contributed by atoms with E-state index < -0.39 is 0 Å². The van der Waals surface area contributed by atoms with Gasteiger partial charge in [-0.15, -0.1) is 15.3 Å². The summed E-state index contributed by atoms with van der Waals surface area (Å²) in [5.41, 5.74) is 3.35. The number of para-hydroxylation sites is 1. The number of ether oxygens (including phenoxy) is 1. The third-order valence-electron chi connectivity index (χ3n) is 5.12. The third-order valence-corrected chi connectivity index (χ3v) is 5.12. The van der Waals surface area contributed by atoms with Crippen LogP contribution in [-0.4, -0.2) is 42.1 Å². The third kappa shape index (κ3) is 2.91. The zero-order valence-electron chi connectivity index (χ0n) is 16.3. The summed E-state index contributed by atoms with van der Waals surface area (Å²) in [5, 5.41) is 20.0. The molecule has 1 unspecified atom stereocenters. The number of hydrogen-bond donors (Lipinski definition) is 1. The van der Waals surface area contributed by atoms with Crippen molar-refractivity contribution in [2.75, 3.05) is 11.9 Å². The molecule has 5 rings (SSSR count). The summed E-state index contributed by atoms with van der Waals surface area (Å²) in [6, 6.07) is 11.4. The number of aryl methyl sites for hydroxylation is 1. The lowest BCUT2D eigenvalue weighted by atomic mass is 9.85. The Kier molecular flexibility index (Phi) is 4.27. The van der Waals surface area contributed by atoms with Gasteiger partial charge in [0.25, 0.3) is 0 Å². The molecule has 1 aliphatic rings. The molecule has 1 amide bonds. The van der Waals surface area contributed by atoms with Crippen molar-refractivity contribution in [1.29, 1.82) is 0 Å². The minimum Gasteiger partial charge on any atom is -0.489 e. The van der Waals surface area contributed by atoms with E-state index in [0.717, 1.165) is 22.6 Å². The van der Waals surface area contributed by atoms with E-state index in [9.17, 15) is 4.79 Å². The van der Waals surface area contributed by atoms with Crippen molar-refractivity contribution in [3.05, 3.63) is 72.2 Å². The van der Waals surface area contributed by atoms with Gasteiger partial charge in [-0.3, -0.25) is 4.79 Å². The van der Waals surface area contributed by atoms with Crippen molar-refractivity contribution in [1.82, 2.24) is 29.6 Å². The Labute approximate surface area is 172 Å². The average Bonchev–Trinajstić information content (AvgIpc) is 3.35. The number of amides is 1. The maximum absolute atomic E-state index is 12.6. The standard InChI is InChI=1S/C21H19N7O2/c1-3-10-30-16-7-5-4-6-14(16)15-11-19(29)23-21-20(15)13(2)25-28(21)18-9-8-17-24-22-12-27(17)26-18/h3-9,12,15H,1,10-11H2,2H3,(H,23,29). The molecule has 1 atom stereocenters. The van der Waals surface area contributed by atoms with Gasteiger partial charge in [0.2, 0.25) is 5.91 Å². The minimum absolute atomic E-state index is 0.0856. The number of hydrogen-bond acceptors (Lipinski definition) is 6. The van der Waals surface area contributed by atoms with Crippen LogP contribution in [0.2, 0.25) is 0 Å². The molecule has 1 aliphatic heterocycles. The molecule has 0 saturated carbocycles. The first-order chi connectivity index (χ1) is 14.7. The van der Waals surface area contributed by atoms with Crippen LogP contribution in [0.15, 0.2) is 55.4 Å². The number of rotatable bonds is 5. The molecule has 3 aromatic heterocycles. The first-order valence-corrected chi connectivity index (χ1v) is 9.55. The predicted octanol–water partition coefficient (Wildman–Crippen LogP) is 2.66. The summed E-state index contributed by atoms with van der Waals surface area (Å²) < 4.78 is 9.08. The molecule has 0 radical (unpaired) electrons. The maximum Gasteiger partial charge on any atom is 0.226 e. The fourth-order valence-electron chi connectivity index (χ4n) is 3.86. The van der Waals surface area contributed by atoms with E-state index in [1.165, 1.54) is 6.33 Å². The molecule has 0 fully saturated rings. The number of nitrogens with zero attached hydrogens (tertiary/aromatic N) is 6. The molecule has 150 valence electrons. The van der Waals surface area contributed by atoms with Crippen LogP contribution in [0.1, 0.15) is 29.2 Å². The first kappa shape index (κ1) is 18.0. The lowest BCUT2D eigenvalue weighted by Crippen LogP contribution is -2.25. The molecule has 0 spiro atoms. The molecule has 4 heterocycles. The summed E-state index contributed by atoms with van der Waals surface area (Å²) in [7, 11) is 0. The molecular weight excluding hydrogens is 382 g/mol. The van der Waals surface area contributed by atoms with Crippen LogP contribution in [0.5, 0.6) is 5.75 Å². The van der Waals surface area contributed by atoms with E-state index in [-0.39, 0.29) is 11.8 Å². The van der Waals surface area contributed by atoms with Crippen LogP contribution in [0.4, 0.5) is 5.82 Å². The average molecular weight is 401 g/mol. The highest BCUT2D eigenvalue weighted by Crippen LogP contribution is 2.42. The van der Waals surface area contributed by atoms with Gasteiger partial charge in [0.15, 0.2) is 11.5 Å². The number of aromatic nitrogens is 6. The molecule has 0 bridgehead atoms. The number of carbonyl (C=O) groups excluding carboxylic acids is 1. The Balaban J connectivity index is 1.64. The van der Waals surface area contributed by atoms with Gasteiger partial charge in [-0.05, 0) is 25.1 Å². The van der Waals surface area contributed by atoms with Gasteiger partial charge in [-0.2, -0.15) is 14.3 Å². The summed E-state index contributed by atoms with van der Waals surface area (Å²) in [6.07, 6.45) is 3.54.